The summed E-state index contributed by atoms with van der Waals surface area (Å²) in [5.74, 6) is -1.12. The van der Waals surface area contributed by atoms with Gasteiger partial charge in [0.2, 0.25) is 5.91 Å². The molecule has 0 saturated carbocycles. The molecule has 0 aromatic carbocycles. The molecule has 0 saturated heterocycles. The Morgan fingerprint density at radius 1 is 1.40 bits per heavy atom. The summed E-state index contributed by atoms with van der Waals surface area (Å²) in [6.07, 6.45) is 4.57. The van der Waals surface area contributed by atoms with Gasteiger partial charge in [-0.15, -0.1) is 0 Å². The fourth-order valence-electron chi connectivity index (χ4n) is 2.15. The van der Waals surface area contributed by atoms with Gasteiger partial charge >= 0.3 is 5.97 Å². The molecule has 0 aliphatic heterocycles. The molecule has 0 fully saturated rings. The molecule has 6 nitrogen and oxygen atoms in total. The Bertz CT molecular complexity index is 464. The van der Waals surface area contributed by atoms with Crippen LogP contribution in [0.3, 0.4) is 0 Å². The molecule has 0 aliphatic rings. The lowest BCUT2D eigenvalue weighted by atomic mass is 9.79. The van der Waals surface area contributed by atoms with Gasteiger partial charge in [-0.05, 0) is 25.3 Å². The zero-order valence-corrected chi connectivity index (χ0v) is 12.3. The quantitative estimate of drug-likeness (QED) is 0.758. The van der Waals surface area contributed by atoms with Crippen molar-refractivity contribution in [3.8, 4) is 0 Å². The van der Waals surface area contributed by atoms with Gasteiger partial charge in [-0.3, -0.25) is 14.3 Å². The highest BCUT2D eigenvalue weighted by Crippen LogP contribution is 2.30. The van der Waals surface area contributed by atoms with Crippen molar-refractivity contribution in [2.75, 3.05) is 6.54 Å². The second kappa shape index (κ2) is 7.07. The summed E-state index contributed by atoms with van der Waals surface area (Å²) in [4.78, 5) is 23.2. The topological polar surface area (TPSA) is 84.2 Å². The van der Waals surface area contributed by atoms with Gasteiger partial charge in [-0.2, -0.15) is 5.10 Å². The van der Waals surface area contributed by atoms with Crippen LogP contribution in [0.15, 0.2) is 12.4 Å². The summed E-state index contributed by atoms with van der Waals surface area (Å²) in [6.45, 7) is 6.58. The minimum atomic E-state index is -0.952. The predicted molar refractivity (Wildman–Crippen MR) is 75.2 cm³/mol. The predicted octanol–water partition coefficient (Wildman–Crippen LogP) is 1.59. The lowest BCUT2D eigenvalue weighted by Gasteiger charge is -2.25. The lowest BCUT2D eigenvalue weighted by molar-refractivity contribution is -0.152. The molecule has 6 heteroatoms. The maximum Gasteiger partial charge on any atom is 0.310 e. The number of carboxylic acids is 1. The van der Waals surface area contributed by atoms with Crippen LogP contribution >= 0.6 is 0 Å². The molecule has 2 N–H and O–H groups in total. The number of carbonyl (C=O) groups is 2. The van der Waals surface area contributed by atoms with E-state index in [4.69, 9.17) is 0 Å². The van der Waals surface area contributed by atoms with Crippen LogP contribution in [0.5, 0.6) is 0 Å². The van der Waals surface area contributed by atoms with Gasteiger partial charge in [0.25, 0.3) is 0 Å². The minimum Gasteiger partial charge on any atom is -0.481 e. The number of nitrogens with one attached hydrogen (secondary N) is 1. The van der Waals surface area contributed by atoms with Crippen LogP contribution in [-0.2, 0) is 16.1 Å². The molecule has 1 amide bonds. The van der Waals surface area contributed by atoms with Crippen LogP contribution in [0, 0.1) is 12.3 Å². The van der Waals surface area contributed by atoms with Gasteiger partial charge in [-0.1, -0.05) is 13.8 Å². The molecule has 1 heterocycles. The molecule has 0 radical (unpaired) electrons. The zero-order chi connectivity index (χ0) is 15.2. The zero-order valence-electron chi connectivity index (χ0n) is 12.3. The van der Waals surface area contributed by atoms with E-state index in [1.807, 2.05) is 13.1 Å². The SMILES string of the molecule is CCC(CC)(CC(=O)NCCn1cc(C)cn1)C(=O)O. The Labute approximate surface area is 119 Å². The van der Waals surface area contributed by atoms with Crippen LogP contribution in [-0.4, -0.2) is 33.3 Å². The highest BCUT2D eigenvalue weighted by Gasteiger charge is 2.36. The molecule has 1 aromatic heterocycles. The number of carboxylic acid groups (broad SMARTS) is 1. The van der Waals surface area contributed by atoms with Crippen LogP contribution in [0.1, 0.15) is 38.7 Å². The van der Waals surface area contributed by atoms with E-state index < -0.39 is 11.4 Å². The second-order valence-electron chi connectivity index (χ2n) is 5.10. The summed E-state index contributed by atoms with van der Waals surface area (Å²) in [7, 11) is 0. The van der Waals surface area contributed by atoms with Crippen molar-refractivity contribution >= 4 is 11.9 Å². The Morgan fingerprint density at radius 2 is 2.05 bits per heavy atom. The number of aliphatic carboxylic acids is 1. The second-order valence-corrected chi connectivity index (χ2v) is 5.10. The number of rotatable bonds is 8. The Kier molecular flexibility index (Phi) is 5.73. The Hall–Kier alpha value is -1.85. The highest BCUT2D eigenvalue weighted by molar-refractivity contribution is 5.84. The molecule has 1 rings (SSSR count). The first-order valence-corrected chi connectivity index (χ1v) is 6.92. The van der Waals surface area contributed by atoms with Crippen molar-refractivity contribution < 1.29 is 14.7 Å². The summed E-state index contributed by atoms with van der Waals surface area (Å²) in [6, 6.07) is 0. The average molecular weight is 281 g/mol. The van der Waals surface area contributed by atoms with E-state index in [0.717, 1.165) is 5.56 Å². The molecule has 0 spiro atoms. The van der Waals surface area contributed by atoms with Crippen molar-refractivity contribution in [1.29, 1.82) is 0 Å². The highest BCUT2D eigenvalue weighted by atomic mass is 16.4. The van der Waals surface area contributed by atoms with Gasteiger partial charge in [0.1, 0.15) is 0 Å². The summed E-state index contributed by atoms with van der Waals surface area (Å²) < 4.78 is 1.75. The maximum atomic E-state index is 11.9. The van der Waals surface area contributed by atoms with E-state index >= 15 is 0 Å². The van der Waals surface area contributed by atoms with Crippen molar-refractivity contribution in [2.45, 2.75) is 46.6 Å². The normalized spacial score (nSPS) is 11.3. The minimum absolute atomic E-state index is 0.0213. The molecule has 20 heavy (non-hydrogen) atoms. The molecule has 1 aromatic rings. The molecule has 0 bridgehead atoms. The van der Waals surface area contributed by atoms with E-state index in [9.17, 15) is 14.7 Å². The van der Waals surface area contributed by atoms with Gasteiger partial charge in [0.05, 0.1) is 18.2 Å². The molecule has 112 valence electrons. The van der Waals surface area contributed by atoms with Crippen molar-refractivity contribution in [3.63, 3.8) is 0 Å². The van der Waals surface area contributed by atoms with Gasteiger partial charge in [-0.25, -0.2) is 0 Å². The fraction of sp³-hybridized carbons (Fsp3) is 0.643. The van der Waals surface area contributed by atoms with Crippen molar-refractivity contribution in [1.82, 2.24) is 15.1 Å². The first-order chi connectivity index (χ1) is 9.43. The molecular formula is C14H23N3O3. The van der Waals surface area contributed by atoms with E-state index in [-0.39, 0.29) is 12.3 Å². The Balaban J connectivity index is 2.44. The first kappa shape index (κ1) is 16.2. The third-order valence-electron chi connectivity index (χ3n) is 3.73. The van der Waals surface area contributed by atoms with Crippen LogP contribution in [0.4, 0.5) is 0 Å². The van der Waals surface area contributed by atoms with Gasteiger partial charge < -0.3 is 10.4 Å². The van der Waals surface area contributed by atoms with E-state index in [0.29, 0.717) is 25.9 Å². The van der Waals surface area contributed by atoms with E-state index in [2.05, 4.69) is 10.4 Å². The lowest BCUT2D eigenvalue weighted by Crippen LogP contribution is -2.37. The average Bonchev–Trinajstić information content (AvgIpc) is 2.81. The van der Waals surface area contributed by atoms with Crippen LogP contribution in [0.25, 0.3) is 0 Å². The van der Waals surface area contributed by atoms with Crippen molar-refractivity contribution in [3.05, 3.63) is 18.0 Å². The summed E-state index contributed by atoms with van der Waals surface area (Å²) >= 11 is 0. The third kappa shape index (κ3) is 4.08. The number of aromatic nitrogens is 2. The van der Waals surface area contributed by atoms with Crippen LogP contribution < -0.4 is 5.32 Å². The van der Waals surface area contributed by atoms with Crippen LogP contribution in [0.2, 0.25) is 0 Å². The number of nitrogens with zero attached hydrogens (tertiary/aromatic N) is 2. The number of hydrogen-bond acceptors (Lipinski definition) is 3. The fourth-order valence-corrected chi connectivity index (χ4v) is 2.15. The molecular weight excluding hydrogens is 258 g/mol. The number of amides is 1. The first-order valence-electron chi connectivity index (χ1n) is 6.92. The van der Waals surface area contributed by atoms with E-state index in [1.54, 1.807) is 24.7 Å². The molecule has 0 unspecified atom stereocenters. The standard InChI is InChI=1S/C14H23N3O3/c1-4-14(5-2,13(19)20)8-12(18)15-6-7-17-10-11(3)9-16-17/h9-10H,4-8H2,1-3H3,(H,15,18)(H,19,20). The van der Waals surface area contributed by atoms with Gasteiger partial charge in [0, 0.05) is 19.2 Å². The number of hydrogen-bond donors (Lipinski definition) is 2. The maximum absolute atomic E-state index is 11.9. The monoisotopic (exact) mass is 281 g/mol. The summed E-state index contributed by atoms with van der Waals surface area (Å²) in [5, 5.41) is 16.2. The smallest absolute Gasteiger partial charge is 0.310 e. The van der Waals surface area contributed by atoms with Gasteiger partial charge in [0.15, 0.2) is 0 Å². The Morgan fingerprint density at radius 3 is 2.50 bits per heavy atom. The molecule has 0 atom stereocenters. The number of carbonyl (C=O) groups excluding carboxylic acids is 1. The van der Waals surface area contributed by atoms with E-state index in [1.165, 1.54) is 0 Å². The number of aryl methyl sites for hydroxylation is 1. The summed E-state index contributed by atoms with van der Waals surface area (Å²) in [5.41, 5.74) is 0.116. The largest absolute Gasteiger partial charge is 0.481 e. The third-order valence-corrected chi connectivity index (χ3v) is 3.73. The molecule has 0 aliphatic carbocycles. The van der Waals surface area contributed by atoms with Crippen molar-refractivity contribution in [2.24, 2.45) is 5.41 Å².